The lowest BCUT2D eigenvalue weighted by Crippen LogP contribution is -2.56. The number of piperazine rings is 1. The first-order valence-electron chi connectivity index (χ1n) is 6.61. The highest BCUT2D eigenvalue weighted by Crippen LogP contribution is 2.13. The van der Waals surface area contributed by atoms with Crippen molar-refractivity contribution in [2.24, 2.45) is 0 Å². The van der Waals surface area contributed by atoms with Gasteiger partial charge in [0.25, 0.3) is 0 Å². The summed E-state index contributed by atoms with van der Waals surface area (Å²) in [5.41, 5.74) is -0.453. The molecule has 1 amide bonds. The number of carbonyl (C=O) groups is 1. The lowest BCUT2D eigenvalue weighted by molar-refractivity contribution is -0.0139. The molecule has 0 aromatic carbocycles. The van der Waals surface area contributed by atoms with Gasteiger partial charge in [-0.15, -0.1) is 0 Å². The van der Waals surface area contributed by atoms with Crippen LogP contribution < -0.4 is 5.32 Å². The molecule has 0 aliphatic carbocycles. The average molecular weight is 258 g/mol. The zero-order valence-electron chi connectivity index (χ0n) is 12.2. The summed E-state index contributed by atoms with van der Waals surface area (Å²) in [6.07, 6.45) is -0.0752. The van der Waals surface area contributed by atoms with E-state index in [2.05, 4.69) is 5.32 Å². The maximum Gasteiger partial charge on any atom is 0.410 e. The van der Waals surface area contributed by atoms with Crippen LogP contribution in [0.15, 0.2) is 0 Å². The molecular weight excluding hydrogens is 232 g/mol. The number of amides is 1. The molecule has 1 rings (SSSR count). The summed E-state index contributed by atoms with van der Waals surface area (Å²) in [7, 11) is 0. The smallest absolute Gasteiger partial charge is 0.410 e. The number of nitrogens with zero attached hydrogens (tertiary/aromatic N) is 1. The highest BCUT2D eigenvalue weighted by Gasteiger charge is 2.30. The van der Waals surface area contributed by atoms with Crippen LogP contribution in [0.4, 0.5) is 4.79 Å². The average Bonchev–Trinajstić information content (AvgIpc) is 2.24. The van der Waals surface area contributed by atoms with Gasteiger partial charge in [0.1, 0.15) is 5.60 Å². The molecule has 0 aromatic rings. The third-order valence-electron chi connectivity index (χ3n) is 2.60. The van der Waals surface area contributed by atoms with Crippen molar-refractivity contribution < 1.29 is 14.3 Å². The molecule has 1 aliphatic heterocycles. The van der Waals surface area contributed by atoms with Gasteiger partial charge in [-0.25, -0.2) is 4.79 Å². The Morgan fingerprint density at radius 1 is 1.44 bits per heavy atom. The van der Waals surface area contributed by atoms with Crippen LogP contribution in [0.2, 0.25) is 0 Å². The maximum absolute atomic E-state index is 12.1. The van der Waals surface area contributed by atoms with Gasteiger partial charge in [0.15, 0.2) is 0 Å². The van der Waals surface area contributed by atoms with E-state index in [-0.39, 0.29) is 18.2 Å². The van der Waals surface area contributed by atoms with Crippen molar-refractivity contribution in [1.29, 1.82) is 0 Å². The van der Waals surface area contributed by atoms with E-state index < -0.39 is 5.60 Å². The Bertz CT molecular complexity index is 274. The van der Waals surface area contributed by atoms with Crippen LogP contribution in [0.1, 0.15) is 34.6 Å². The van der Waals surface area contributed by atoms with Gasteiger partial charge in [0.2, 0.25) is 0 Å². The minimum absolute atomic E-state index is 0.0519. The van der Waals surface area contributed by atoms with Gasteiger partial charge in [0.05, 0.1) is 18.8 Å². The highest BCUT2D eigenvalue weighted by molar-refractivity contribution is 5.68. The Kier molecular flexibility index (Phi) is 5.41. The molecule has 0 aromatic heterocycles. The molecule has 0 radical (unpaired) electrons. The van der Waals surface area contributed by atoms with Crippen LogP contribution in [0.25, 0.3) is 0 Å². The SMILES string of the molecule is CC(C)OCC1CNCCN1C(=O)OC(C)(C)C. The summed E-state index contributed by atoms with van der Waals surface area (Å²) in [5.74, 6) is 0. The van der Waals surface area contributed by atoms with E-state index in [0.717, 1.165) is 13.1 Å². The molecule has 1 heterocycles. The monoisotopic (exact) mass is 258 g/mol. The zero-order valence-corrected chi connectivity index (χ0v) is 12.2. The van der Waals surface area contributed by atoms with Crippen molar-refractivity contribution in [3.05, 3.63) is 0 Å². The molecule has 1 fully saturated rings. The lowest BCUT2D eigenvalue weighted by Gasteiger charge is -2.37. The Morgan fingerprint density at radius 2 is 2.11 bits per heavy atom. The van der Waals surface area contributed by atoms with E-state index in [1.807, 2.05) is 34.6 Å². The van der Waals surface area contributed by atoms with Crippen LogP contribution in [0.5, 0.6) is 0 Å². The Balaban J connectivity index is 2.55. The number of nitrogens with one attached hydrogen (secondary N) is 1. The molecule has 1 atom stereocenters. The molecule has 18 heavy (non-hydrogen) atoms. The summed E-state index contributed by atoms with van der Waals surface area (Å²) in [6, 6.07) is 0.0519. The predicted octanol–water partition coefficient (Wildman–Crippen LogP) is 1.62. The van der Waals surface area contributed by atoms with Crippen LogP contribution in [0, 0.1) is 0 Å². The third kappa shape index (κ3) is 5.23. The molecular formula is C13H26N2O3. The van der Waals surface area contributed by atoms with E-state index in [4.69, 9.17) is 9.47 Å². The second-order valence-electron chi connectivity index (χ2n) is 5.91. The summed E-state index contributed by atoms with van der Waals surface area (Å²) < 4.78 is 11.0. The Labute approximate surface area is 110 Å². The van der Waals surface area contributed by atoms with Crippen molar-refractivity contribution in [2.75, 3.05) is 26.2 Å². The molecule has 1 unspecified atom stereocenters. The fourth-order valence-electron chi connectivity index (χ4n) is 1.77. The number of rotatable bonds is 3. The number of carbonyl (C=O) groups excluding carboxylic acids is 1. The molecule has 1 saturated heterocycles. The normalized spacial score (nSPS) is 21.2. The quantitative estimate of drug-likeness (QED) is 0.836. The second-order valence-corrected chi connectivity index (χ2v) is 5.91. The standard InChI is InChI=1S/C13H26N2O3/c1-10(2)17-9-11-8-14-6-7-15(11)12(16)18-13(3,4)5/h10-11,14H,6-9H2,1-5H3. The molecule has 106 valence electrons. The molecule has 0 saturated carbocycles. The highest BCUT2D eigenvalue weighted by atomic mass is 16.6. The van der Waals surface area contributed by atoms with Crippen molar-refractivity contribution in [2.45, 2.75) is 52.4 Å². The summed E-state index contributed by atoms with van der Waals surface area (Å²) in [6.45, 7) is 12.4. The van der Waals surface area contributed by atoms with Gasteiger partial charge in [0, 0.05) is 19.6 Å². The van der Waals surface area contributed by atoms with Crippen LogP contribution >= 0.6 is 0 Å². The number of ether oxygens (including phenoxy) is 2. The van der Waals surface area contributed by atoms with Crippen molar-refractivity contribution >= 4 is 6.09 Å². The zero-order chi connectivity index (χ0) is 13.8. The Morgan fingerprint density at radius 3 is 2.67 bits per heavy atom. The van der Waals surface area contributed by atoms with Gasteiger partial charge in [-0.2, -0.15) is 0 Å². The first kappa shape index (κ1) is 15.2. The lowest BCUT2D eigenvalue weighted by atomic mass is 10.2. The van der Waals surface area contributed by atoms with E-state index in [0.29, 0.717) is 13.2 Å². The molecule has 1 N–H and O–H groups in total. The van der Waals surface area contributed by atoms with Gasteiger partial charge < -0.3 is 19.7 Å². The van der Waals surface area contributed by atoms with Crippen molar-refractivity contribution in [1.82, 2.24) is 10.2 Å². The van der Waals surface area contributed by atoms with Gasteiger partial charge >= 0.3 is 6.09 Å². The van der Waals surface area contributed by atoms with Gasteiger partial charge in [-0.3, -0.25) is 0 Å². The van der Waals surface area contributed by atoms with Crippen molar-refractivity contribution in [3.63, 3.8) is 0 Å². The van der Waals surface area contributed by atoms with Crippen LogP contribution in [-0.2, 0) is 9.47 Å². The van der Waals surface area contributed by atoms with Crippen LogP contribution in [-0.4, -0.2) is 55.0 Å². The molecule has 1 aliphatic rings. The first-order chi connectivity index (χ1) is 8.29. The Hall–Kier alpha value is -0.810. The minimum Gasteiger partial charge on any atom is -0.444 e. The van der Waals surface area contributed by atoms with E-state index in [1.54, 1.807) is 4.90 Å². The molecule has 0 bridgehead atoms. The number of hydrogen-bond donors (Lipinski definition) is 1. The number of hydrogen-bond acceptors (Lipinski definition) is 4. The summed E-state index contributed by atoms with van der Waals surface area (Å²) in [4.78, 5) is 13.9. The fourth-order valence-corrected chi connectivity index (χ4v) is 1.77. The summed E-state index contributed by atoms with van der Waals surface area (Å²) >= 11 is 0. The second kappa shape index (κ2) is 6.38. The first-order valence-corrected chi connectivity index (χ1v) is 6.61. The van der Waals surface area contributed by atoms with E-state index in [1.165, 1.54) is 0 Å². The topological polar surface area (TPSA) is 50.8 Å². The van der Waals surface area contributed by atoms with Gasteiger partial charge in [-0.1, -0.05) is 0 Å². The molecule has 5 nitrogen and oxygen atoms in total. The van der Waals surface area contributed by atoms with E-state index >= 15 is 0 Å². The fraction of sp³-hybridized carbons (Fsp3) is 0.923. The van der Waals surface area contributed by atoms with Crippen LogP contribution in [0.3, 0.4) is 0 Å². The third-order valence-corrected chi connectivity index (χ3v) is 2.60. The summed E-state index contributed by atoms with van der Waals surface area (Å²) in [5, 5.41) is 3.28. The van der Waals surface area contributed by atoms with Gasteiger partial charge in [-0.05, 0) is 34.6 Å². The predicted molar refractivity (Wildman–Crippen MR) is 70.7 cm³/mol. The molecule has 5 heteroatoms. The largest absolute Gasteiger partial charge is 0.444 e. The molecule has 0 spiro atoms. The minimum atomic E-state index is -0.453. The van der Waals surface area contributed by atoms with Crippen molar-refractivity contribution in [3.8, 4) is 0 Å². The van der Waals surface area contributed by atoms with E-state index in [9.17, 15) is 4.79 Å². The maximum atomic E-state index is 12.1.